The quantitative estimate of drug-likeness (QED) is 0.434. The molecule has 1 saturated heterocycles. The van der Waals surface area contributed by atoms with Crippen molar-refractivity contribution in [3.8, 4) is 0 Å². The Hall–Kier alpha value is -0.613. The summed E-state index contributed by atoms with van der Waals surface area (Å²) in [4.78, 5) is 11.2. The van der Waals surface area contributed by atoms with Gasteiger partial charge in [0.15, 0.2) is 8.32 Å². The molecule has 0 spiro atoms. The Kier molecular flexibility index (Phi) is 3.64. The van der Waals surface area contributed by atoms with Gasteiger partial charge in [0.2, 0.25) is 0 Å². The van der Waals surface area contributed by atoms with Crippen molar-refractivity contribution in [1.29, 1.82) is 0 Å². The fourth-order valence-electron chi connectivity index (χ4n) is 1.42. The average Bonchev–Trinajstić information content (AvgIpc) is 2.43. The number of cyclic esters (lactones) is 1. The molecule has 0 N–H and O–H groups in total. The number of carbonyl (C=O) groups excluding carboxylic acids is 1. The van der Waals surface area contributed by atoms with Gasteiger partial charge in [-0.15, -0.1) is 0 Å². The van der Waals surface area contributed by atoms with E-state index < -0.39 is 8.32 Å². The highest BCUT2D eigenvalue weighted by Gasteiger charge is 2.43. The highest BCUT2D eigenvalue weighted by atomic mass is 28.4. The first-order valence-corrected chi connectivity index (χ1v) is 8.58. The van der Waals surface area contributed by atoms with E-state index in [2.05, 4.69) is 40.4 Å². The van der Waals surface area contributed by atoms with Gasteiger partial charge in [-0.3, -0.25) is 4.79 Å². The molecule has 0 bridgehead atoms. The summed E-state index contributed by atoms with van der Waals surface area (Å²) >= 11 is 0. The van der Waals surface area contributed by atoms with Crippen molar-refractivity contribution in [2.24, 2.45) is 0 Å². The Labute approximate surface area is 99.0 Å². The molecule has 16 heavy (non-hydrogen) atoms. The molecule has 0 aromatic rings. The van der Waals surface area contributed by atoms with E-state index in [1.165, 1.54) is 0 Å². The van der Waals surface area contributed by atoms with Crippen LogP contribution in [0.15, 0.2) is 12.7 Å². The molecule has 0 aromatic carbocycles. The summed E-state index contributed by atoms with van der Waals surface area (Å²) in [7, 11) is -1.84. The number of hydrogen-bond donors (Lipinski definition) is 0. The van der Waals surface area contributed by atoms with E-state index in [4.69, 9.17) is 9.16 Å². The fourth-order valence-corrected chi connectivity index (χ4v) is 2.75. The number of esters is 1. The normalized spacial score (nSPS) is 26.7. The smallest absolute Gasteiger partial charge is 0.309 e. The number of ether oxygens (including phenoxy) is 1. The Morgan fingerprint density at radius 3 is 2.50 bits per heavy atom. The monoisotopic (exact) mass is 242 g/mol. The lowest BCUT2D eigenvalue weighted by molar-refractivity contribution is -0.140. The summed E-state index contributed by atoms with van der Waals surface area (Å²) < 4.78 is 11.3. The van der Waals surface area contributed by atoms with Gasteiger partial charge in [-0.05, 0) is 24.2 Å². The molecule has 0 unspecified atom stereocenters. The minimum atomic E-state index is -1.84. The second-order valence-corrected chi connectivity index (χ2v) is 10.6. The van der Waals surface area contributed by atoms with Crippen molar-refractivity contribution >= 4 is 14.3 Å². The summed E-state index contributed by atoms with van der Waals surface area (Å²) in [6.07, 6.45) is 1.58. The van der Waals surface area contributed by atoms with Crippen molar-refractivity contribution in [3.63, 3.8) is 0 Å². The maximum Gasteiger partial charge on any atom is 0.309 e. The molecule has 0 amide bonds. The van der Waals surface area contributed by atoms with Crippen LogP contribution >= 0.6 is 0 Å². The molecule has 4 heteroatoms. The van der Waals surface area contributed by atoms with Gasteiger partial charge >= 0.3 is 5.97 Å². The van der Waals surface area contributed by atoms with Gasteiger partial charge in [0.1, 0.15) is 6.10 Å². The van der Waals surface area contributed by atoms with Crippen LogP contribution in [0, 0.1) is 0 Å². The van der Waals surface area contributed by atoms with Gasteiger partial charge in [0, 0.05) is 0 Å². The molecule has 0 saturated carbocycles. The third kappa shape index (κ3) is 2.74. The Bertz CT molecular complexity index is 291. The van der Waals surface area contributed by atoms with Gasteiger partial charge < -0.3 is 9.16 Å². The third-order valence-electron chi connectivity index (χ3n) is 3.49. The fraction of sp³-hybridized carbons (Fsp3) is 0.750. The van der Waals surface area contributed by atoms with E-state index in [9.17, 15) is 4.79 Å². The van der Waals surface area contributed by atoms with Crippen molar-refractivity contribution in [3.05, 3.63) is 12.7 Å². The average molecular weight is 242 g/mol. The van der Waals surface area contributed by atoms with Crippen LogP contribution in [-0.2, 0) is 14.0 Å². The minimum absolute atomic E-state index is 0.143. The van der Waals surface area contributed by atoms with Crippen LogP contribution in [0.3, 0.4) is 0 Å². The molecular weight excluding hydrogens is 220 g/mol. The molecule has 2 atom stereocenters. The maximum atomic E-state index is 11.2. The predicted octanol–water partition coefficient (Wildman–Crippen LogP) is 2.88. The van der Waals surface area contributed by atoms with Crippen LogP contribution < -0.4 is 0 Å². The van der Waals surface area contributed by atoms with Gasteiger partial charge in [-0.1, -0.05) is 27.4 Å². The lowest BCUT2D eigenvalue weighted by Gasteiger charge is -2.38. The van der Waals surface area contributed by atoms with Crippen LogP contribution in [-0.4, -0.2) is 26.5 Å². The summed E-state index contributed by atoms with van der Waals surface area (Å²) in [6, 6.07) is 0. The summed E-state index contributed by atoms with van der Waals surface area (Å²) in [5.41, 5.74) is 0. The van der Waals surface area contributed by atoms with Gasteiger partial charge in [-0.25, -0.2) is 0 Å². The summed E-state index contributed by atoms with van der Waals surface area (Å²) in [5, 5.41) is 0.143. The summed E-state index contributed by atoms with van der Waals surface area (Å²) in [6.45, 7) is 14.6. The highest BCUT2D eigenvalue weighted by Crippen LogP contribution is 2.39. The van der Waals surface area contributed by atoms with Crippen molar-refractivity contribution < 1.29 is 14.0 Å². The SMILES string of the molecule is C=C[C@@H]1OC(=O)C[C@H]1O[Si](C)(C)C(C)(C)C. The zero-order valence-corrected chi connectivity index (χ0v) is 11.9. The van der Waals surface area contributed by atoms with Crippen molar-refractivity contribution in [2.75, 3.05) is 0 Å². The molecule has 1 fully saturated rings. The molecule has 1 aliphatic rings. The van der Waals surface area contributed by atoms with Crippen LogP contribution in [0.2, 0.25) is 18.1 Å². The molecule has 3 nitrogen and oxygen atoms in total. The van der Waals surface area contributed by atoms with Crippen LogP contribution in [0.25, 0.3) is 0 Å². The van der Waals surface area contributed by atoms with Gasteiger partial charge in [0.05, 0.1) is 12.5 Å². The van der Waals surface area contributed by atoms with Gasteiger partial charge in [-0.2, -0.15) is 0 Å². The predicted molar refractivity (Wildman–Crippen MR) is 66.8 cm³/mol. The number of carbonyl (C=O) groups is 1. The van der Waals surface area contributed by atoms with E-state index in [0.29, 0.717) is 6.42 Å². The highest BCUT2D eigenvalue weighted by molar-refractivity contribution is 6.74. The van der Waals surface area contributed by atoms with Crippen molar-refractivity contribution in [2.45, 2.75) is 57.5 Å². The lowest BCUT2D eigenvalue weighted by Crippen LogP contribution is -2.45. The third-order valence-corrected chi connectivity index (χ3v) is 7.99. The van der Waals surface area contributed by atoms with Gasteiger partial charge in [0.25, 0.3) is 0 Å². The first-order valence-electron chi connectivity index (χ1n) is 5.67. The summed E-state index contributed by atoms with van der Waals surface area (Å²) in [5.74, 6) is -0.186. The largest absolute Gasteiger partial charge is 0.455 e. The Morgan fingerprint density at radius 2 is 2.06 bits per heavy atom. The van der Waals surface area contributed by atoms with E-state index in [-0.39, 0.29) is 23.2 Å². The molecule has 0 aliphatic carbocycles. The van der Waals surface area contributed by atoms with E-state index >= 15 is 0 Å². The molecule has 1 aliphatic heterocycles. The molecule has 92 valence electrons. The maximum absolute atomic E-state index is 11.2. The second kappa shape index (κ2) is 4.34. The first-order chi connectivity index (χ1) is 7.17. The standard InChI is InChI=1S/C12H22O3Si/c1-7-9-10(8-11(13)14-9)15-16(5,6)12(2,3)4/h7,9-10H,1,8H2,2-6H3/t9-,10+/m0/s1. The zero-order chi connectivity index (χ0) is 12.6. The molecule has 1 rings (SSSR count). The number of hydrogen-bond acceptors (Lipinski definition) is 3. The topological polar surface area (TPSA) is 35.5 Å². The van der Waals surface area contributed by atoms with E-state index in [1.807, 2.05) is 0 Å². The van der Waals surface area contributed by atoms with E-state index in [1.54, 1.807) is 6.08 Å². The van der Waals surface area contributed by atoms with Crippen LogP contribution in [0.5, 0.6) is 0 Å². The molecule has 0 radical (unpaired) electrons. The molecule has 0 aromatic heterocycles. The van der Waals surface area contributed by atoms with Crippen LogP contribution in [0.4, 0.5) is 0 Å². The molecule has 1 heterocycles. The second-order valence-electron chi connectivity index (χ2n) is 5.81. The minimum Gasteiger partial charge on any atom is -0.455 e. The van der Waals surface area contributed by atoms with Crippen LogP contribution in [0.1, 0.15) is 27.2 Å². The lowest BCUT2D eigenvalue weighted by atomic mass is 10.2. The van der Waals surface area contributed by atoms with Crippen molar-refractivity contribution in [1.82, 2.24) is 0 Å². The Morgan fingerprint density at radius 1 is 1.50 bits per heavy atom. The zero-order valence-electron chi connectivity index (χ0n) is 10.9. The van der Waals surface area contributed by atoms with E-state index in [0.717, 1.165) is 0 Å². The number of rotatable bonds is 3. The first kappa shape index (κ1) is 13.5. The Balaban J connectivity index is 2.74. The molecular formula is C12H22O3Si.